The lowest BCUT2D eigenvalue weighted by Crippen LogP contribution is -2.11. The van der Waals surface area contributed by atoms with Gasteiger partial charge in [0.05, 0.1) is 28.6 Å². The van der Waals surface area contributed by atoms with E-state index in [0.717, 1.165) is 47.2 Å². The highest BCUT2D eigenvalue weighted by Gasteiger charge is 2.29. The standard InChI is InChI=1S/C25H31N3O2S/c1-16(2)21-11-19(14-26)12-22(20-7-8-20)23(21)13-25(29)27-31(30)24-9-6-18(10-17(24)3)15-28(4)5/h6,9-12,16,20,31H,7-8,13,15H2,1-5H3. The lowest BCUT2D eigenvalue weighted by atomic mass is 9.87. The van der Waals surface area contributed by atoms with Crippen LogP contribution in [0.25, 0.3) is 0 Å². The SMILES string of the molecule is Cc1cc(CN(C)C)ccc1[SH](=O)=NC(=O)Cc1c(C(C)C)cc(C#N)cc1C1CC1. The molecule has 1 unspecified atom stereocenters. The topological polar surface area (TPSA) is 73.5 Å². The Bertz CT molecular complexity index is 1100. The first-order chi connectivity index (χ1) is 14.7. The van der Waals surface area contributed by atoms with E-state index < -0.39 is 10.6 Å². The molecule has 1 saturated carbocycles. The molecule has 0 aromatic heterocycles. The van der Waals surface area contributed by atoms with Crippen molar-refractivity contribution in [2.75, 3.05) is 14.1 Å². The number of nitriles is 1. The van der Waals surface area contributed by atoms with Gasteiger partial charge < -0.3 is 4.90 Å². The molecule has 1 amide bonds. The number of rotatable bonds is 7. The minimum atomic E-state index is -2.15. The van der Waals surface area contributed by atoms with Crippen LogP contribution in [0.1, 0.15) is 71.9 Å². The summed E-state index contributed by atoms with van der Waals surface area (Å²) in [7, 11) is 1.86. The largest absolute Gasteiger partial charge is 0.305 e. The number of benzene rings is 2. The summed E-state index contributed by atoms with van der Waals surface area (Å²) in [6, 6.07) is 11.8. The summed E-state index contributed by atoms with van der Waals surface area (Å²) in [6.45, 7) is 6.84. The van der Waals surface area contributed by atoms with Gasteiger partial charge in [0.15, 0.2) is 0 Å². The quantitative estimate of drug-likeness (QED) is 0.636. The van der Waals surface area contributed by atoms with E-state index in [1.54, 1.807) is 0 Å². The molecule has 5 nitrogen and oxygen atoms in total. The normalized spacial score (nSPS) is 14.8. The van der Waals surface area contributed by atoms with Crippen LogP contribution in [0.15, 0.2) is 39.6 Å². The summed E-state index contributed by atoms with van der Waals surface area (Å²) in [5, 5.41) is 9.41. The summed E-state index contributed by atoms with van der Waals surface area (Å²) >= 11 is 0. The van der Waals surface area contributed by atoms with E-state index >= 15 is 0 Å². The molecule has 0 radical (unpaired) electrons. The highest BCUT2D eigenvalue weighted by Crippen LogP contribution is 2.44. The molecule has 164 valence electrons. The van der Waals surface area contributed by atoms with Gasteiger partial charge in [0.1, 0.15) is 0 Å². The summed E-state index contributed by atoms with van der Waals surface area (Å²) in [5.41, 5.74) is 5.73. The van der Waals surface area contributed by atoms with Crippen molar-refractivity contribution < 1.29 is 9.00 Å². The number of thiol groups is 1. The average molecular weight is 438 g/mol. The highest BCUT2D eigenvalue weighted by molar-refractivity contribution is 7.75. The molecule has 1 fully saturated rings. The summed E-state index contributed by atoms with van der Waals surface area (Å²) in [4.78, 5) is 15.5. The van der Waals surface area contributed by atoms with Crippen LogP contribution in [0.5, 0.6) is 0 Å². The Morgan fingerprint density at radius 3 is 2.52 bits per heavy atom. The Morgan fingerprint density at radius 2 is 1.97 bits per heavy atom. The monoisotopic (exact) mass is 437 g/mol. The number of carbonyl (C=O) groups is 1. The molecule has 2 aromatic carbocycles. The molecule has 1 atom stereocenters. The van der Waals surface area contributed by atoms with E-state index in [2.05, 4.69) is 29.2 Å². The second kappa shape index (κ2) is 9.76. The molecule has 31 heavy (non-hydrogen) atoms. The number of carbonyl (C=O) groups excluding carboxylic acids is 1. The molecular weight excluding hydrogens is 406 g/mol. The van der Waals surface area contributed by atoms with Crippen molar-refractivity contribution in [3.63, 3.8) is 0 Å². The van der Waals surface area contributed by atoms with E-state index in [1.165, 1.54) is 0 Å². The van der Waals surface area contributed by atoms with E-state index in [4.69, 9.17) is 0 Å². The lowest BCUT2D eigenvalue weighted by Gasteiger charge is -2.17. The highest BCUT2D eigenvalue weighted by atomic mass is 32.2. The predicted molar refractivity (Wildman–Crippen MR) is 125 cm³/mol. The van der Waals surface area contributed by atoms with Crippen LogP contribution < -0.4 is 0 Å². The number of amides is 1. The maximum Gasteiger partial charge on any atom is 0.258 e. The molecule has 1 aliphatic rings. The van der Waals surface area contributed by atoms with Gasteiger partial charge in [-0.3, -0.25) is 4.79 Å². The zero-order valence-electron chi connectivity index (χ0n) is 19.0. The van der Waals surface area contributed by atoms with Crippen LogP contribution in [-0.4, -0.2) is 29.1 Å². The molecule has 0 aliphatic heterocycles. The molecule has 6 heteroatoms. The molecule has 0 heterocycles. The fourth-order valence-electron chi connectivity index (χ4n) is 4.00. The molecular formula is C25H31N3O2S. The molecule has 2 aromatic rings. The second-order valence-electron chi connectivity index (χ2n) is 8.98. The fraction of sp³-hybridized carbons (Fsp3) is 0.440. The van der Waals surface area contributed by atoms with Crippen LogP contribution in [0.2, 0.25) is 0 Å². The third-order valence-electron chi connectivity index (χ3n) is 5.58. The predicted octanol–water partition coefficient (Wildman–Crippen LogP) is 4.72. The Labute approximate surface area is 187 Å². The summed E-state index contributed by atoms with van der Waals surface area (Å²) in [6.07, 6.45) is 2.29. The fourth-order valence-corrected chi connectivity index (χ4v) is 4.95. The van der Waals surface area contributed by atoms with Gasteiger partial charge in [0.2, 0.25) is 0 Å². The lowest BCUT2D eigenvalue weighted by molar-refractivity contribution is -0.117. The Kier molecular flexibility index (Phi) is 7.30. The summed E-state index contributed by atoms with van der Waals surface area (Å²) in [5.74, 6) is 0.231. The zero-order valence-corrected chi connectivity index (χ0v) is 19.9. The minimum Gasteiger partial charge on any atom is -0.305 e. The Hall–Kier alpha value is -2.49. The molecule has 0 bridgehead atoms. The van der Waals surface area contributed by atoms with Gasteiger partial charge in [0.25, 0.3) is 5.91 Å². The van der Waals surface area contributed by atoms with Gasteiger partial charge in [-0.25, -0.2) is 4.21 Å². The number of hydrogen-bond donors (Lipinski definition) is 1. The van der Waals surface area contributed by atoms with Crippen molar-refractivity contribution in [1.29, 1.82) is 5.26 Å². The first-order valence-corrected chi connectivity index (χ1v) is 11.9. The molecule has 0 saturated heterocycles. The first kappa shape index (κ1) is 23.2. The zero-order chi connectivity index (χ0) is 22.7. The number of nitrogens with zero attached hydrogens (tertiary/aromatic N) is 3. The number of aryl methyl sites for hydroxylation is 1. The van der Waals surface area contributed by atoms with Crippen LogP contribution in [-0.2, 0) is 28.4 Å². The van der Waals surface area contributed by atoms with E-state index in [1.807, 2.05) is 51.4 Å². The van der Waals surface area contributed by atoms with Gasteiger partial charge in [-0.2, -0.15) is 9.62 Å². The van der Waals surface area contributed by atoms with Crippen LogP contribution >= 0.6 is 0 Å². The van der Waals surface area contributed by atoms with Gasteiger partial charge in [-0.05, 0) is 91.7 Å². The van der Waals surface area contributed by atoms with Gasteiger partial charge in [-0.1, -0.05) is 26.0 Å². The smallest absolute Gasteiger partial charge is 0.258 e. The van der Waals surface area contributed by atoms with Gasteiger partial charge in [0, 0.05) is 11.4 Å². The van der Waals surface area contributed by atoms with E-state index in [9.17, 15) is 14.3 Å². The third kappa shape index (κ3) is 5.81. The van der Waals surface area contributed by atoms with Crippen LogP contribution in [0, 0.1) is 18.3 Å². The first-order valence-electron chi connectivity index (χ1n) is 10.7. The number of hydrogen-bond acceptors (Lipinski definition) is 4. The van der Waals surface area contributed by atoms with Crippen molar-refractivity contribution in [3.8, 4) is 6.07 Å². The van der Waals surface area contributed by atoms with Gasteiger partial charge >= 0.3 is 0 Å². The van der Waals surface area contributed by atoms with Gasteiger partial charge in [-0.15, -0.1) is 0 Å². The van der Waals surface area contributed by atoms with E-state index in [0.29, 0.717) is 16.4 Å². The van der Waals surface area contributed by atoms with Crippen molar-refractivity contribution in [1.82, 2.24) is 4.90 Å². The van der Waals surface area contributed by atoms with Crippen molar-refractivity contribution in [2.24, 2.45) is 4.36 Å². The average Bonchev–Trinajstić information content (AvgIpc) is 3.52. The van der Waals surface area contributed by atoms with Crippen LogP contribution in [0.3, 0.4) is 0 Å². The molecule has 1 aliphatic carbocycles. The summed E-state index contributed by atoms with van der Waals surface area (Å²) < 4.78 is 16.9. The molecule has 0 N–H and O–H groups in total. The van der Waals surface area contributed by atoms with E-state index in [-0.39, 0.29) is 18.2 Å². The molecule has 3 rings (SSSR count). The van der Waals surface area contributed by atoms with Crippen molar-refractivity contribution in [3.05, 3.63) is 63.7 Å². The molecule has 0 spiro atoms. The second-order valence-corrected chi connectivity index (χ2v) is 10.2. The minimum absolute atomic E-state index is 0.129. The maximum absolute atomic E-state index is 12.9. The maximum atomic E-state index is 12.9. The van der Waals surface area contributed by atoms with Crippen molar-refractivity contribution >= 4 is 16.5 Å². The van der Waals surface area contributed by atoms with Crippen molar-refractivity contribution in [2.45, 2.75) is 63.3 Å². The Balaban J connectivity index is 1.89. The third-order valence-corrected chi connectivity index (χ3v) is 6.90. The van der Waals surface area contributed by atoms with Crippen LogP contribution in [0.4, 0.5) is 0 Å². The Morgan fingerprint density at radius 1 is 1.26 bits per heavy atom.